The van der Waals surface area contributed by atoms with E-state index in [9.17, 15) is 78.0 Å². The van der Waals surface area contributed by atoms with Gasteiger partial charge in [0.15, 0.2) is 0 Å². The van der Waals surface area contributed by atoms with Gasteiger partial charge < -0.3 is 85.5 Å². The molecule has 1 rings (SSSR count). The smallest absolute Gasteiger partial charge is 0.326 e. The minimum atomic E-state index is -1.63. The van der Waals surface area contributed by atoms with E-state index in [1.54, 1.807) is 58.0 Å². The Labute approximate surface area is 491 Å². The molecule has 0 saturated heterocycles. The molecule has 28 nitrogen and oxygen atoms in total. The fourth-order valence-electron chi connectivity index (χ4n) is 8.52. The molecular formula is C56H94N12O16. The lowest BCUT2D eigenvalue weighted by Gasteiger charge is -2.29. The number of benzene rings is 1. The highest BCUT2D eigenvalue weighted by Crippen LogP contribution is 2.15. The molecule has 0 aliphatic heterocycles. The molecule has 0 spiro atoms. The predicted octanol–water partition coefficient (Wildman–Crippen LogP) is -1.47. The van der Waals surface area contributed by atoms with E-state index in [0.717, 1.165) is 0 Å². The van der Waals surface area contributed by atoms with Crippen LogP contribution in [0.4, 0.5) is 0 Å². The fourth-order valence-corrected chi connectivity index (χ4v) is 8.52. The standard InChI is InChI=1S/C56H94N12O16/c1-9-32(6)46(68-51(78)37(20-14-16-26-58)62-50(77)39(22-24-44(72)73)63-54(81)45(59)34(8)69)55(82)64-38(21-23-43(70)71)48(75)60-33(7)47(74)61-36(19-13-15-25-57)49(76)66-41(29-35-17-11-10-12-18-35)53(80)65-40(27-30(2)3)52(79)67-42(56(83)84)28-31(4)5/h10-12,17-18,30-34,36-42,45-46,69H,9,13-16,19-29,57-59H2,1-8H3,(H,60,75)(H,61,74)(H,62,77)(H,63,81)(H,64,82)(H,65,80)(H,66,76)(H,67,79)(H,68,78)(H,70,71)(H,72,73)(H,83,84)/t32-,33-,34+,36-,37-,38-,39-,40-,41-,42-,45-,46-/m0/s1. The summed E-state index contributed by atoms with van der Waals surface area (Å²) in [6.45, 7) is 13.4. The number of hydrogen-bond acceptors (Lipinski definition) is 16. The van der Waals surface area contributed by atoms with E-state index >= 15 is 0 Å². The molecule has 84 heavy (non-hydrogen) atoms. The first-order valence-corrected chi connectivity index (χ1v) is 28.7. The number of aliphatic hydroxyl groups is 1. The van der Waals surface area contributed by atoms with E-state index in [0.29, 0.717) is 24.8 Å². The summed E-state index contributed by atoms with van der Waals surface area (Å²) in [7, 11) is 0. The monoisotopic (exact) mass is 1190 g/mol. The van der Waals surface area contributed by atoms with Crippen molar-refractivity contribution in [2.45, 2.75) is 212 Å². The van der Waals surface area contributed by atoms with Crippen molar-refractivity contribution in [3.05, 3.63) is 35.9 Å². The van der Waals surface area contributed by atoms with Gasteiger partial charge in [-0.25, -0.2) is 4.79 Å². The number of amides is 9. The van der Waals surface area contributed by atoms with Gasteiger partial charge in [-0.1, -0.05) is 78.3 Å². The summed E-state index contributed by atoms with van der Waals surface area (Å²) in [5.41, 5.74) is 17.8. The van der Waals surface area contributed by atoms with E-state index in [1.807, 2.05) is 13.8 Å². The van der Waals surface area contributed by atoms with Crippen LogP contribution in [0, 0.1) is 17.8 Å². The van der Waals surface area contributed by atoms with Gasteiger partial charge in [0.2, 0.25) is 53.2 Å². The lowest BCUT2D eigenvalue weighted by molar-refractivity contribution is -0.143. The van der Waals surface area contributed by atoms with Crippen molar-refractivity contribution in [1.82, 2.24) is 47.9 Å². The van der Waals surface area contributed by atoms with Crippen LogP contribution in [0.1, 0.15) is 144 Å². The number of nitrogens with one attached hydrogen (secondary N) is 9. The SMILES string of the molecule is CC[C@H](C)[C@H](NC(=O)[C@H](CCCCN)NC(=O)[C@H](CCC(=O)O)NC(=O)[C@@H](N)[C@@H](C)O)C(=O)N[C@@H](CCC(=O)O)C(=O)N[C@@H](C)C(=O)N[C@@H](CCCCN)C(=O)N[C@@H](Cc1ccccc1)C(=O)N[C@@H](CC(C)C)C(=O)N[C@@H](CC(C)C)C(=O)O. The Balaban J connectivity index is 3.53. The van der Waals surface area contributed by atoms with Crippen LogP contribution < -0.4 is 65.1 Å². The second kappa shape index (κ2) is 39.3. The number of aliphatic carboxylic acids is 3. The van der Waals surface area contributed by atoms with Gasteiger partial charge in [0.1, 0.15) is 60.4 Å². The molecule has 28 heteroatoms. The molecule has 9 amide bonds. The summed E-state index contributed by atoms with van der Waals surface area (Å²) in [4.78, 5) is 160. The summed E-state index contributed by atoms with van der Waals surface area (Å²) >= 11 is 0. The molecule has 474 valence electrons. The van der Waals surface area contributed by atoms with Crippen LogP contribution in [0.5, 0.6) is 0 Å². The van der Waals surface area contributed by atoms with Gasteiger partial charge in [-0.05, 0) is 114 Å². The zero-order valence-electron chi connectivity index (χ0n) is 49.7. The van der Waals surface area contributed by atoms with Crippen LogP contribution in [-0.4, -0.2) is 171 Å². The van der Waals surface area contributed by atoms with Gasteiger partial charge in [-0.3, -0.25) is 52.7 Å². The Hall–Kier alpha value is -7.30. The van der Waals surface area contributed by atoms with Crippen LogP contribution >= 0.6 is 0 Å². The van der Waals surface area contributed by atoms with Crippen molar-refractivity contribution in [3.8, 4) is 0 Å². The maximum Gasteiger partial charge on any atom is 0.326 e. The molecule has 0 heterocycles. The lowest BCUT2D eigenvalue weighted by atomic mass is 9.96. The number of carbonyl (C=O) groups excluding carboxylic acids is 9. The van der Waals surface area contributed by atoms with Crippen molar-refractivity contribution in [3.63, 3.8) is 0 Å². The molecule has 1 aromatic rings. The third-order valence-electron chi connectivity index (χ3n) is 13.7. The van der Waals surface area contributed by atoms with Crippen molar-refractivity contribution in [2.24, 2.45) is 35.0 Å². The van der Waals surface area contributed by atoms with E-state index in [-0.39, 0.29) is 69.9 Å². The largest absolute Gasteiger partial charge is 0.481 e. The summed E-state index contributed by atoms with van der Waals surface area (Å²) in [6, 6.07) is -5.45. The number of carboxylic acids is 3. The topological polar surface area (TPSA) is 472 Å². The Morgan fingerprint density at radius 1 is 0.452 bits per heavy atom. The molecule has 0 aromatic heterocycles. The number of unbranched alkanes of at least 4 members (excludes halogenated alkanes) is 2. The number of aliphatic hydroxyl groups excluding tert-OH is 1. The zero-order valence-corrected chi connectivity index (χ0v) is 49.7. The molecule has 19 N–H and O–H groups in total. The van der Waals surface area contributed by atoms with E-state index in [1.165, 1.54) is 13.8 Å². The third kappa shape index (κ3) is 28.8. The van der Waals surface area contributed by atoms with Gasteiger partial charge in [0.25, 0.3) is 0 Å². The summed E-state index contributed by atoms with van der Waals surface area (Å²) < 4.78 is 0. The van der Waals surface area contributed by atoms with Crippen LogP contribution in [0.15, 0.2) is 30.3 Å². The number of nitrogens with two attached hydrogens (primary N) is 3. The molecule has 1 aromatic carbocycles. The van der Waals surface area contributed by atoms with Crippen molar-refractivity contribution in [1.29, 1.82) is 0 Å². The quantitative estimate of drug-likeness (QED) is 0.0332. The average molecular weight is 1190 g/mol. The van der Waals surface area contributed by atoms with E-state index < -0.39 is 169 Å². The first-order valence-electron chi connectivity index (χ1n) is 28.7. The van der Waals surface area contributed by atoms with Gasteiger partial charge in [0.05, 0.1) is 6.10 Å². The van der Waals surface area contributed by atoms with E-state index in [4.69, 9.17) is 17.2 Å². The highest BCUT2D eigenvalue weighted by molar-refractivity contribution is 5.98. The van der Waals surface area contributed by atoms with Crippen LogP contribution in [0.3, 0.4) is 0 Å². The summed E-state index contributed by atoms with van der Waals surface area (Å²) in [6.07, 6.45) is -1.74. The second-order valence-electron chi connectivity index (χ2n) is 22.0. The Morgan fingerprint density at radius 2 is 0.833 bits per heavy atom. The Kier molecular flexibility index (Phi) is 34.9. The second-order valence-corrected chi connectivity index (χ2v) is 22.0. The Bertz CT molecular complexity index is 2330. The molecule has 12 atom stereocenters. The maximum atomic E-state index is 14.3. The van der Waals surface area contributed by atoms with Crippen LogP contribution in [0.2, 0.25) is 0 Å². The van der Waals surface area contributed by atoms with Gasteiger partial charge >= 0.3 is 17.9 Å². The number of hydrogen-bond donors (Lipinski definition) is 16. The predicted molar refractivity (Wildman–Crippen MR) is 308 cm³/mol. The summed E-state index contributed by atoms with van der Waals surface area (Å²) in [5, 5.41) is 61.5. The highest BCUT2D eigenvalue weighted by atomic mass is 16.4. The van der Waals surface area contributed by atoms with Gasteiger partial charge in [0, 0.05) is 19.3 Å². The molecule has 0 saturated carbocycles. The fraction of sp³-hybridized carbons (Fsp3) is 0.679. The molecule has 0 aliphatic carbocycles. The highest BCUT2D eigenvalue weighted by Gasteiger charge is 2.37. The molecule has 0 fully saturated rings. The van der Waals surface area contributed by atoms with Gasteiger partial charge in [-0.2, -0.15) is 0 Å². The van der Waals surface area contributed by atoms with Crippen molar-refractivity contribution < 1.29 is 78.0 Å². The molecule has 0 unspecified atom stereocenters. The zero-order chi connectivity index (χ0) is 63.8. The molecular weight excluding hydrogens is 1100 g/mol. The molecule has 0 bridgehead atoms. The first kappa shape index (κ1) is 74.7. The minimum absolute atomic E-state index is 0.00195. The Morgan fingerprint density at radius 3 is 1.29 bits per heavy atom. The summed E-state index contributed by atoms with van der Waals surface area (Å²) in [5.74, 6) is -12.9. The van der Waals surface area contributed by atoms with Crippen LogP contribution in [0.25, 0.3) is 0 Å². The molecule has 0 radical (unpaired) electrons. The first-order chi connectivity index (χ1) is 39.4. The third-order valence-corrected chi connectivity index (χ3v) is 13.7. The maximum absolute atomic E-state index is 14.3. The number of rotatable bonds is 42. The number of carbonyl (C=O) groups is 12. The lowest BCUT2D eigenvalue weighted by Crippen LogP contribution is -2.61. The van der Waals surface area contributed by atoms with Crippen LogP contribution in [-0.2, 0) is 64.0 Å². The van der Waals surface area contributed by atoms with E-state index in [2.05, 4.69) is 47.9 Å². The number of carboxylic acid groups (broad SMARTS) is 3. The average Bonchev–Trinajstić information content (AvgIpc) is 3.58. The molecule has 0 aliphatic rings. The van der Waals surface area contributed by atoms with Crippen molar-refractivity contribution in [2.75, 3.05) is 13.1 Å². The minimum Gasteiger partial charge on any atom is -0.481 e. The van der Waals surface area contributed by atoms with Crippen molar-refractivity contribution >= 4 is 71.1 Å². The van der Waals surface area contributed by atoms with Gasteiger partial charge in [-0.15, -0.1) is 0 Å². The normalized spacial score (nSPS) is 15.5.